The summed E-state index contributed by atoms with van der Waals surface area (Å²) in [6.07, 6.45) is 7.58. The summed E-state index contributed by atoms with van der Waals surface area (Å²) in [7, 11) is 23.9. The number of hydrogen-bond acceptors (Lipinski definition) is 19. The number of aliphatic imine (C=N–C) groups is 1. The monoisotopic (exact) mass is 1310 g/mol. The molecule has 1 heterocycles. The minimum atomic E-state index is -4.22. The molecule has 3 aliphatic rings. The fraction of sp³-hybridized carbons (Fsp3) is 0.250. The van der Waals surface area contributed by atoms with E-state index < -0.39 is 18.3 Å². The molecule has 2 aliphatic carbocycles. The first-order valence-corrected chi connectivity index (χ1v) is 33.7. The van der Waals surface area contributed by atoms with E-state index in [1.165, 1.54) is 32.0 Å². The molecule has 0 spiro atoms. The second-order valence-electron chi connectivity index (χ2n) is 21.2. The molecule has 9 rings (SSSR count). The number of aromatic nitrogens is 1. The van der Waals surface area contributed by atoms with E-state index in [4.69, 9.17) is 25.6 Å². The topological polar surface area (TPSA) is 241 Å². The third-order valence-electron chi connectivity index (χ3n) is 12.5. The first kappa shape index (κ1) is 73.2. The molecule has 0 amide bonds. The Morgan fingerprint density at radius 3 is 1.42 bits per heavy atom. The largest absolute Gasteiger partial charge is 0.399 e. The number of nitrogens with two attached hydrogens (primary N) is 2. The van der Waals surface area contributed by atoms with Gasteiger partial charge in [0.15, 0.2) is 5.71 Å². The van der Waals surface area contributed by atoms with Gasteiger partial charge in [0.1, 0.15) is 33.9 Å². The summed E-state index contributed by atoms with van der Waals surface area (Å²) in [6, 6.07) is 48.2. The molecule has 0 fully saturated rings. The van der Waals surface area contributed by atoms with Crippen LogP contribution in [0.25, 0.3) is 20.8 Å². The van der Waals surface area contributed by atoms with Gasteiger partial charge in [-0.1, -0.05) is 18.2 Å². The van der Waals surface area contributed by atoms with Crippen LogP contribution in [0.2, 0.25) is 0 Å². The molecule has 6 aromatic carbocycles. The van der Waals surface area contributed by atoms with Gasteiger partial charge in [-0.2, -0.15) is 16.8 Å². The molecule has 0 radical (unpaired) electrons. The number of hydrogen-bond donors (Lipinski definition) is 4. The Kier molecular flexibility index (Phi) is 28.3. The lowest BCUT2D eigenvalue weighted by atomic mass is 10.1. The SMILES string of the molecule is CN(C)c1ccc(N)c(SS(=O)(=O)O)c1.CN(C)c1ccc(N)cc1.CN(C)c1ccc(N=C2C=CC(=[N+](C)C)C=C2)c(SS(=O)(=O)O)c1.CN(C)c1ccc(N=O)cc1.CN(C)c1ccc2nc3ccc(=[N+](C)C)cc-3sc2c1.CN(C)c1ccccc1. The van der Waals surface area contributed by atoms with Crippen LogP contribution in [-0.2, 0) is 18.3 Å². The molecule has 474 valence electrons. The Hall–Kier alpha value is -8.30. The number of benzene rings is 7. The number of rotatable bonds is 12. The minimum absolute atomic E-state index is 0.322. The van der Waals surface area contributed by atoms with E-state index in [0.29, 0.717) is 54.2 Å². The second kappa shape index (κ2) is 34.5. The Balaban J connectivity index is 0.000000237. The predicted octanol–water partition coefficient (Wildman–Crippen LogP) is 11.5. The number of nitrogens with zero attached hydrogens (tertiary/aromatic N) is 11. The van der Waals surface area contributed by atoms with Gasteiger partial charge < -0.3 is 40.9 Å². The summed E-state index contributed by atoms with van der Waals surface area (Å²) < 4.78 is 67.1. The molecule has 0 saturated carbocycles. The molecule has 0 saturated heterocycles. The lowest BCUT2D eigenvalue weighted by Gasteiger charge is -2.14. The number of fused-ring (bicyclic) bond motifs is 2. The first-order valence-electron chi connectivity index (χ1n) is 27.3. The van der Waals surface area contributed by atoms with E-state index >= 15 is 0 Å². The van der Waals surface area contributed by atoms with Gasteiger partial charge in [-0.25, -0.2) is 19.1 Å². The fourth-order valence-corrected chi connectivity index (χ4v) is 11.9. The normalized spacial score (nSPS) is 11.3. The summed E-state index contributed by atoms with van der Waals surface area (Å²) in [5.41, 5.74) is 23.4. The number of nitroso groups, excluding NO2 is 1. The summed E-state index contributed by atoms with van der Waals surface area (Å²) in [6.45, 7) is 0. The fourth-order valence-electron chi connectivity index (χ4n) is 7.47. The first-order chi connectivity index (χ1) is 41.7. The molecule has 6 N–H and O–H groups in total. The van der Waals surface area contributed by atoms with Gasteiger partial charge >= 0.3 is 18.3 Å². The number of anilines is 8. The van der Waals surface area contributed by atoms with Gasteiger partial charge in [-0.15, -0.1) is 16.2 Å². The molecule has 89 heavy (non-hydrogen) atoms. The van der Waals surface area contributed by atoms with Crippen molar-refractivity contribution in [1.82, 2.24) is 9.56 Å². The molecule has 0 aromatic heterocycles. The van der Waals surface area contributed by atoms with Gasteiger partial charge in [0.2, 0.25) is 5.36 Å². The molecule has 0 atom stereocenters. The van der Waals surface area contributed by atoms with E-state index in [2.05, 4.69) is 101 Å². The lowest BCUT2D eigenvalue weighted by molar-refractivity contribution is -0.462. The van der Waals surface area contributed by atoms with E-state index in [0.717, 1.165) is 39.7 Å². The van der Waals surface area contributed by atoms with Crippen molar-refractivity contribution >= 4 is 130 Å². The quantitative estimate of drug-likeness (QED) is 0.0169. The standard InChI is InChI=1S/C16H19N3O3S2.C16H18N3S.C8H12N2O3S2.C8H10N2O.C8H12N2.C8H11N/c1-18(2)13-7-5-12(6-8-13)17-15-10-9-14(19(3)4)11-16(15)23-24(20,21)22;1-18(2)11-5-7-13-15(9-11)20-16-10-12(19(3)4)6-8-14(16)17-13;1-10(2)6-3-4-7(9)8(5-6)14-15(11,12)13;1-10(2)8-5-3-7(9-11)4-6-8;1-10(2)8-5-3-7(9)4-6-8;1-9(2)8-6-4-3-5-7-8/h5-11H,1-4H3;5-10H,1-4H3;3-5H,9H2,1-2H3,(H,11,12,13);3-6H,1-2H3;3-6H,9H2,1-2H3;3-7H,1-2H3/q;+1;;;;/p+1. The third kappa shape index (κ3) is 25.4. The maximum Gasteiger partial charge on any atom is 0.324 e. The molecule has 1 aliphatic heterocycles. The van der Waals surface area contributed by atoms with Crippen molar-refractivity contribution in [2.75, 3.05) is 154 Å². The molecule has 0 bridgehead atoms. The average Bonchev–Trinajstić information content (AvgIpc) is 1.90. The van der Waals surface area contributed by atoms with Crippen LogP contribution in [-0.4, -0.2) is 160 Å². The Labute approximate surface area is 536 Å². The van der Waals surface area contributed by atoms with Gasteiger partial charge in [-0.3, -0.25) is 9.11 Å². The molecule has 20 nitrogen and oxygen atoms in total. The number of allylic oxidation sites excluding steroid dienone is 4. The van der Waals surface area contributed by atoms with Crippen molar-refractivity contribution in [3.8, 4) is 10.6 Å². The van der Waals surface area contributed by atoms with E-state index in [-0.39, 0.29) is 0 Å². The van der Waals surface area contributed by atoms with Crippen molar-refractivity contribution in [3.63, 3.8) is 0 Å². The smallest absolute Gasteiger partial charge is 0.324 e. The van der Waals surface area contributed by atoms with Crippen LogP contribution >= 0.6 is 32.9 Å². The second-order valence-corrected chi connectivity index (χ2v) is 28.8. The van der Waals surface area contributed by atoms with Crippen LogP contribution in [0.15, 0.2) is 196 Å². The maximum atomic E-state index is 11.3. The zero-order chi connectivity index (χ0) is 66.3. The summed E-state index contributed by atoms with van der Waals surface area (Å²) in [4.78, 5) is 33.1. The van der Waals surface area contributed by atoms with Crippen LogP contribution in [0.3, 0.4) is 0 Å². The molecule has 0 unspecified atom stereocenters. The zero-order valence-corrected chi connectivity index (χ0v) is 57.4. The van der Waals surface area contributed by atoms with Crippen molar-refractivity contribution in [1.29, 1.82) is 0 Å². The highest BCUT2D eigenvalue weighted by atomic mass is 33.2. The van der Waals surface area contributed by atoms with Gasteiger partial charge in [0.05, 0.1) is 42.0 Å². The highest BCUT2D eigenvalue weighted by Gasteiger charge is 2.16. The Morgan fingerprint density at radius 1 is 0.494 bits per heavy atom. The van der Waals surface area contributed by atoms with Crippen molar-refractivity contribution in [2.24, 2.45) is 10.2 Å². The molecular formula is C64H83N13O7S5+2. The van der Waals surface area contributed by atoms with Crippen LogP contribution in [0.4, 0.5) is 56.9 Å². The minimum Gasteiger partial charge on any atom is -0.399 e. The van der Waals surface area contributed by atoms with Crippen molar-refractivity contribution in [2.45, 2.75) is 9.79 Å². The Bertz CT molecular complexity index is 4000. The van der Waals surface area contributed by atoms with Crippen LogP contribution in [0, 0.1) is 4.91 Å². The van der Waals surface area contributed by atoms with Gasteiger partial charge in [0, 0.05) is 176 Å². The van der Waals surface area contributed by atoms with E-state index in [9.17, 15) is 21.7 Å². The zero-order valence-electron chi connectivity index (χ0n) is 53.3. The van der Waals surface area contributed by atoms with Crippen LogP contribution in [0.1, 0.15) is 0 Å². The summed E-state index contributed by atoms with van der Waals surface area (Å²) in [5, 5.41) is 4.01. The number of nitrogen functional groups attached to an aromatic ring is 2. The third-order valence-corrected chi connectivity index (χ3v) is 17.4. The highest BCUT2D eigenvalue weighted by molar-refractivity contribution is 8.70. The highest BCUT2D eigenvalue weighted by Crippen LogP contribution is 2.37. The number of para-hydroxylation sites is 1. The van der Waals surface area contributed by atoms with E-state index in [1.807, 2.05) is 194 Å². The molecule has 25 heteroatoms. The maximum absolute atomic E-state index is 11.3. The predicted molar refractivity (Wildman–Crippen MR) is 383 cm³/mol. The molecular weight excluding hydrogens is 1220 g/mol. The van der Waals surface area contributed by atoms with Crippen LogP contribution < -0.4 is 50.8 Å². The van der Waals surface area contributed by atoms with E-state index in [1.54, 1.807) is 53.8 Å². The van der Waals surface area contributed by atoms with Gasteiger partial charge in [-0.05, 0) is 139 Å². The Morgan fingerprint density at radius 2 is 0.944 bits per heavy atom. The average molecular weight is 1310 g/mol. The summed E-state index contributed by atoms with van der Waals surface area (Å²) in [5.74, 6) is 0. The van der Waals surface area contributed by atoms with Crippen LogP contribution in [0.5, 0.6) is 0 Å². The summed E-state index contributed by atoms with van der Waals surface area (Å²) >= 11 is 1.80. The molecule has 6 aromatic rings. The van der Waals surface area contributed by atoms with Gasteiger partial charge in [0.25, 0.3) is 0 Å². The van der Waals surface area contributed by atoms with Crippen molar-refractivity contribution < 1.29 is 30.5 Å². The lowest BCUT2D eigenvalue weighted by Crippen LogP contribution is -2.21. The van der Waals surface area contributed by atoms with Crippen molar-refractivity contribution in [3.05, 3.63) is 186 Å².